The molecule has 3 aromatic carbocycles. The molecular formula is C24H25ClN2O3S. The highest BCUT2D eigenvalue weighted by Gasteiger charge is 2.33. The van der Waals surface area contributed by atoms with Gasteiger partial charge in [-0.1, -0.05) is 48.0 Å². The molecule has 0 spiro atoms. The van der Waals surface area contributed by atoms with Crippen LogP contribution in [0.15, 0.2) is 71.6 Å². The minimum Gasteiger partial charge on any atom is -0.341 e. The van der Waals surface area contributed by atoms with E-state index in [2.05, 4.69) is 24.3 Å². The number of carbonyl (C=O) groups excluding carboxylic acids is 1. The summed E-state index contributed by atoms with van der Waals surface area (Å²) < 4.78 is 27.2. The Labute approximate surface area is 188 Å². The number of hydrogen-bond donors (Lipinski definition) is 0. The van der Waals surface area contributed by atoms with E-state index in [4.69, 9.17) is 11.6 Å². The van der Waals surface area contributed by atoms with Gasteiger partial charge in [-0.05, 0) is 59.5 Å². The van der Waals surface area contributed by atoms with E-state index in [9.17, 15) is 13.2 Å². The number of amides is 1. The van der Waals surface area contributed by atoms with E-state index in [0.29, 0.717) is 37.5 Å². The lowest BCUT2D eigenvalue weighted by Crippen LogP contribution is -2.43. The summed E-state index contributed by atoms with van der Waals surface area (Å²) in [4.78, 5) is 15.0. The Morgan fingerprint density at radius 1 is 1.00 bits per heavy atom. The van der Waals surface area contributed by atoms with E-state index < -0.39 is 10.0 Å². The average molecular weight is 457 g/mol. The Kier molecular flexibility index (Phi) is 6.32. The summed E-state index contributed by atoms with van der Waals surface area (Å²) in [6.45, 7) is 1.21. The molecule has 0 radical (unpaired) electrons. The molecule has 0 N–H and O–H groups in total. The molecule has 0 unspecified atom stereocenters. The van der Waals surface area contributed by atoms with Crippen molar-refractivity contribution < 1.29 is 13.2 Å². The van der Waals surface area contributed by atoms with Gasteiger partial charge in [0, 0.05) is 37.6 Å². The first-order valence-electron chi connectivity index (χ1n) is 10.3. The van der Waals surface area contributed by atoms with Crippen molar-refractivity contribution in [1.82, 2.24) is 9.21 Å². The van der Waals surface area contributed by atoms with Crippen LogP contribution in [0.2, 0.25) is 5.02 Å². The van der Waals surface area contributed by atoms with Gasteiger partial charge in [-0.25, -0.2) is 8.42 Å². The molecule has 3 aromatic rings. The summed E-state index contributed by atoms with van der Waals surface area (Å²) in [5, 5.41) is 2.83. The van der Waals surface area contributed by atoms with E-state index in [-0.39, 0.29) is 16.7 Å². The molecule has 0 aromatic heterocycles. The lowest BCUT2D eigenvalue weighted by atomic mass is 9.96. The van der Waals surface area contributed by atoms with Crippen molar-refractivity contribution in [3.05, 3.63) is 77.3 Å². The Bertz CT molecular complexity index is 1190. The number of fused-ring (bicyclic) bond motifs is 1. The molecule has 162 valence electrons. The van der Waals surface area contributed by atoms with Gasteiger partial charge in [0.1, 0.15) is 0 Å². The molecule has 31 heavy (non-hydrogen) atoms. The molecule has 0 atom stereocenters. The van der Waals surface area contributed by atoms with Gasteiger partial charge >= 0.3 is 0 Å². The van der Waals surface area contributed by atoms with Crippen LogP contribution in [0.1, 0.15) is 18.4 Å². The normalized spacial score (nSPS) is 15.8. The molecule has 1 amide bonds. The second-order valence-electron chi connectivity index (χ2n) is 8.01. The maximum Gasteiger partial charge on any atom is 0.243 e. The van der Waals surface area contributed by atoms with Crippen LogP contribution in [-0.2, 0) is 21.4 Å². The number of benzene rings is 3. The lowest BCUT2D eigenvalue weighted by molar-refractivity contribution is -0.135. The van der Waals surface area contributed by atoms with E-state index >= 15 is 0 Å². The van der Waals surface area contributed by atoms with E-state index in [0.717, 1.165) is 10.9 Å². The summed E-state index contributed by atoms with van der Waals surface area (Å²) in [5.41, 5.74) is 1.08. The number of nitrogens with zero attached hydrogens (tertiary/aromatic N) is 2. The molecule has 4 rings (SSSR count). The lowest BCUT2D eigenvalue weighted by Gasteiger charge is -2.32. The van der Waals surface area contributed by atoms with Gasteiger partial charge in [-0.3, -0.25) is 4.79 Å². The van der Waals surface area contributed by atoms with Crippen LogP contribution in [0.4, 0.5) is 0 Å². The first-order chi connectivity index (χ1) is 14.8. The number of carbonyl (C=O) groups is 1. The maximum atomic E-state index is 13.0. The van der Waals surface area contributed by atoms with Crippen molar-refractivity contribution in [2.24, 2.45) is 5.92 Å². The highest BCUT2D eigenvalue weighted by atomic mass is 35.5. The van der Waals surface area contributed by atoms with Crippen LogP contribution in [0, 0.1) is 5.92 Å². The van der Waals surface area contributed by atoms with Crippen LogP contribution in [0.25, 0.3) is 10.8 Å². The van der Waals surface area contributed by atoms with Crippen molar-refractivity contribution in [3.8, 4) is 0 Å². The Hall–Kier alpha value is -2.41. The predicted molar refractivity (Wildman–Crippen MR) is 123 cm³/mol. The Balaban J connectivity index is 1.37. The fraction of sp³-hybridized carbons (Fsp3) is 0.292. The van der Waals surface area contributed by atoms with E-state index in [1.165, 1.54) is 21.8 Å². The number of piperidine rings is 1. The van der Waals surface area contributed by atoms with Gasteiger partial charge in [0.15, 0.2) is 0 Å². The topological polar surface area (TPSA) is 57.7 Å². The zero-order valence-electron chi connectivity index (χ0n) is 17.4. The summed E-state index contributed by atoms with van der Waals surface area (Å²) in [7, 11) is -1.75. The fourth-order valence-electron chi connectivity index (χ4n) is 4.10. The van der Waals surface area contributed by atoms with Crippen LogP contribution < -0.4 is 0 Å². The smallest absolute Gasteiger partial charge is 0.243 e. The predicted octanol–water partition coefficient (Wildman–Crippen LogP) is 4.55. The van der Waals surface area contributed by atoms with Gasteiger partial charge in [0.05, 0.1) is 4.90 Å². The van der Waals surface area contributed by atoms with Gasteiger partial charge < -0.3 is 4.90 Å². The standard InChI is InChI=1S/C24H25ClN2O3S/c1-26(17-18-6-7-19-4-2-3-5-21(19)16-18)24(28)20-12-14-27(15-13-20)31(29,30)23-10-8-22(25)9-11-23/h2-11,16,20H,12-15,17H2,1H3. The van der Waals surface area contributed by atoms with Crippen molar-refractivity contribution in [3.63, 3.8) is 0 Å². The van der Waals surface area contributed by atoms with E-state index in [1.54, 1.807) is 17.0 Å². The molecule has 1 saturated heterocycles. The Morgan fingerprint density at radius 3 is 2.32 bits per heavy atom. The second kappa shape index (κ2) is 8.99. The number of rotatable bonds is 5. The molecule has 0 saturated carbocycles. The third kappa shape index (κ3) is 4.76. The van der Waals surface area contributed by atoms with Crippen molar-refractivity contribution in [2.75, 3.05) is 20.1 Å². The highest BCUT2D eigenvalue weighted by Crippen LogP contribution is 2.26. The monoisotopic (exact) mass is 456 g/mol. The van der Waals surface area contributed by atoms with Crippen LogP contribution in [0.3, 0.4) is 0 Å². The average Bonchev–Trinajstić information content (AvgIpc) is 2.79. The first-order valence-corrected chi connectivity index (χ1v) is 12.1. The minimum atomic E-state index is -3.57. The largest absolute Gasteiger partial charge is 0.341 e. The third-order valence-electron chi connectivity index (χ3n) is 5.86. The van der Waals surface area contributed by atoms with Crippen LogP contribution in [0.5, 0.6) is 0 Å². The molecule has 1 aliphatic rings. The first kappa shape index (κ1) is 21.8. The molecule has 1 aliphatic heterocycles. The van der Waals surface area contributed by atoms with Crippen molar-refractivity contribution in [2.45, 2.75) is 24.3 Å². The SMILES string of the molecule is CN(Cc1ccc2ccccc2c1)C(=O)C1CCN(S(=O)(=O)c2ccc(Cl)cc2)CC1. The number of hydrogen-bond acceptors (Lipinski definition) is 3. The van der Waals surface area contributed by atoms with Crippen molar-refractivity contribution in [1.29, 1.82) is 0 Å². The zero-order valence-corrected chi connectivity index (χ0v) is 18.9. The molecule has 5 nitrogen and oxygen atoms in total. The third-order valence-corrected chi connectivity index (χ3v) is 8.03. The molecule has 7 heteroatoms. The molecule has 0 aliphatic carbocycles. The highest BCUT2D eigenvalue weighted by molar-refractivity contribution is 7.89. The summed E-state index contributed by atoms with van der Waals surface area (Å²) >= 11 is 5.87. The fourth-order valence-corrected chi connectivity index (χ4v) is 5.70. The molecule has 1 fully saturated rings. The van der Waals surface area contributed by atoms with Gasteiger partial charge in [0.25, 0.3) is 0 Å². The molecular weight excluding hydrogens is 432 g/mol. The van der Waals surface area contributed by atoms with Crippen molar-refractivity contribution >= 4 is 38.3 Å². The summed E-state index contributed by atoms with van der Waals surface area (Å²) in [5.74, 6) is -0.0983. The van der Waals surface area contributed by atoms with Crippen LogP contribution in [-0.4, -0.2) is 43.7 Å². The van der Waals surface area contributed by atoms with E-state index in [1.807, 2.05) is 25.2 Å². The summed E-state index contributed by atoms with van der Waals surface area (Å²) in [6.07, 6.45) is 1.04. The molecule has 1 heterocycles. The summed E-state index contributed by atoms with van der Waals surface area (Å²) in [6, 6.07) is 20.6. The second-order valence-corrected chi connectivity index (χ2v) is 10.4. The Morgan fingerprint density at radius 2 is 1.65 bits per heavy atom. The quantitative estimate of drug-likeness (QED) is 0.565. The van der Waals surface area contributed by atoms with Gasteiger partial charge in [-0.15, -0.1) is 0 Å². The minimum absolute atomic E-state index is 0.0664. The molecule has 0 bridgehead atoms. The van der Waals surface area contributed by atoms with Crippen LogP contribution >= 0.6 is 11.6 Å². The number of sulfonamides is 1. The number of halogens is 1. The maximum absolute atomic E-state index is 13.0. The van der Waals surface area contributed by atoms with Gasteiger partial charge in [-0.2, -0.15) is 4.31 Å². The van der Waals surface area contributed by atoms with Gasteiger partial charge in [0.2, 0.25) is 15.9 Å². The zero-order chi connectivity index (χ0) is 22.0.